The van der Waals surface area contributed by atoms with E-state index in [-0.39, 0.29) is 48.8 Å². The monoisotopic (exact) mass is 472 g/mol. The summed E-state index contributed by atoms with van der Waals surface area (Å²) in [5.74, 6) is 4.63. The van der Waals surface area contributed by atoms with Gasteiger partial charge in [-0.15, -0.1) is 0 Å². The SMILES string of the molecule is O=C(c1ccc(F)cc1)N1CC(=O)N2[C@@H](CO)[C@H](c3ccc(C#Cc4ccc(F)cc4)cc3)[C@@H]2C1. The molecule has 0 aromatic heterocycles. The number of carbonyl (C=O) groups excluding carboxylic acids is 2. The summed E-state index contributed by atoms with van der Waals surface area (Å²) >= 11 is 0. The van der Waals surface area contributed by atoms with Crippen LogP contribution >= 0.6 is 0 Å². The van der Waals surface area contributed by atoms with E-state index >= 15 is 0 Å². The molecule has 3 aromatic carbocycles. The summed E-state index contributed by atoms with van der Waals surface area (Å²) in [6, 6.07) is 18.2. The number of nitrogens with zero attached hydrogens (tertiary/aromatic N) is 2. The van der Waals surface area contributed by atoms with Gasteiger partial charge in [-0.05, 0) is 66.2 Å². The van der Waals surface area contributed by atoms with Gasteiger partial charge in [-0.1, -0.05) is 24.0 Å². The van der Waals surface area contributed by atoms with Crippen LogP contribution in [0, 0.1) is 23.5 Å². The van der Waals surface area contributed by atoms with Crippen molar-refractivity contribution in [1.29, 1.82) is 0 Å². The highest BCUT2D eigenvalue weighted by Crippen LogP contribution is 2.43. The Morgan fingerprint density at radius 3 is 2.00 bits per heavy atom. The minimum atomic E-state index is -0.432. The lowest BCUT2D eigenvalue weighted by molar-refractivity contribution is -0.159. The molecule has 35 heavy (non-hydrogen) atoms. The number of hydrogen-bond acceptors (Lipinski definition) is 3. The van der Waals surface area contributed by atoms with Crippen molar-refractivity contribution in [3.8, 4) is 11.8 Å². The summed E-state index contributed by atoms with van der Waals surface area (Å²) in [5, 5.41) is 9.98. The van der Waals surface area contributed by atoms with E-state index in [4.69, 9.17) is 0 Å². The molecule has 2 saturated heterocycles. The Bertz CT molecular complexity index is 1310. The van der Waals surface area contributed by atoms with Crippen molar-refractivity contribution < 1.29 is 23.5 Å². The third-order valence-electron chi connectivity index (χ3n) is 6.62. The predicted molar refractivity (Wildman–Crippen MR) is 125 cm³/mol. The van der Waals surface area contributed by atoms with Crippen molar-refractivity contribution in [2.45, 2.75) is 18.0 Å². The van der Waals surface area contributed by atoms with Crippen LogP contribution in [0.3, 0.4) is 0 Å². The fourth-order valence-corrected chi connectivity index (χ4v) is 4.90. The standard InChI is InChI=1S/C28H22F2N2O3/c29-22-11-5-19(6-12-22)2-1-18-3-7-20(8-4-18)27-24-15-31(16-26(34)32(24)25(27)17-33)28(35)21-9-13-23(30)14-10-21/h3-14,24-25,27,33H,15-17H2/t24-,25-,27+/m0/s1. The lowest BCUT2D eigenvalue weighted by atomic mass is 9.73. The molecule has 2 fully saturated rings. The largest absolute Gasteiger partial charge is 0.394 e. The van der Waals surface area contributed by atoms with E-state index in [1.165, 1.54) is 41.3 Å². The lowest BCUT2D eigenvalue weighted by Crippen LogP contribution is -2.73. The van der Waals surface area contributed by atoms with E-state index in [0.717, 1.165) is 11.1 Å². The third-order valence-corrected chi connectivity index (χ3v) is 6.62. The van der Waals surface area contributed by atoms with Crippen LogP contribution in [0.25, 0.3) is 0 Å². The van der Waals surface area contributed by atoms with Gasteiger partial charge in [-0.3, -0.25) is 9.59 Å². The molecule has 1 N–H and O–H groups in total. The van der Waals surface area contributed by atoms with Crippen LogP contribution < -0.4 is 0 Å². The molecule has 3 atom stereocenters. The molecule has 176 valence electrons. The second-order valence-corrected chi connectivity index (χ2v) is 8.72. The van der Waals surface area contributed by atoms with Gasteiger partial charge in [0.05, 0.1) is 18.7 Å². The number of fused-ring (bicyclic) bond motifs is 1. The number of halogens is 2. The van der Waals surface area contributed by atoms with Gasteiger partial charge in [0.1, 0.15) is 18.2 Å². The molecule has 2 heterocycles. The van der Waals surface area contributed by atoms with E-state index in [9.17, 15) is 23.5 Å². The maximum Gasteiger partial charge on any atom is 0.254 e. The Balaban J connectivity index is 1.34. The maximum absolute atomic E-state index is 13.2. The van der Waals surface area contributed by atoms with Crippen molar-refractivity contribution in [3.05, 3.63) is 107 Å². The van der Waals surface area contributed by atoms with Crippen LogP contribution in [0.1, 0.15) is 33.0 Å². The first-order valence-electron chi connectivity index (χ1n) is 11.3. The second kappa shape index (κ2) is 9.32. The summed E-state index contributed by atoms with van der Waals surface area (Å²) in [4.78, 5) is 28.9. The molecular weight excluding hydrogens is 450 g/mol. The van der Waals surface area contributed by atoms with E-state index in [1.54, 1.807) is 17.0 Å². The van der Waals surface area contributed by atoms with Gasteiger partial charge in [0.25, 0.3) is 5.91 Å². The normalized spacial score (nSPS) is 21.0. The molecule has 5 rings (SSSR count). The number of benzene rings is 3. The molecule has 0 spiro atoms. The van der Waals surface area contributed by atoms with E-state index in [0.29, 0.717) is 17.7 Å². The van der Waals surface area contributed by atoms with Crippen LogP contribution in [0.4, 0.5) is 8.78 Å². The molecule has 3 aromatic rings. The van der Waals surface area contributed by atoms with Crippen LogP contribution in [0.5, 0.6) is 0 Å². The Morgan fingerprint density at radius 1 is 0.886 bits per heavy atom. The topological polar surface area (TPSA) is 60.9 Å². The summed E-state index contributed by atoms with van der Waals surface area (Å²) in [5.41, 5.74) is 2.76. The molecule has 5 nitrogen and oxygen atoms in total. The number of piperazine rings is 1. The Labute approximate surface area is 201 Å². The highest BCUT2D eigenvalue weighted by Gasteiger charge is 2.54. The second-order valence-electron chi connectivity index (χ2n) is 8.72. The van der Waals surface area contributed by atoms with Crippen LogP contribution in [-0.2, 0) is 4.79 Å². The number of aliphatic hydroxyl groups is 1. The van der Waals surface area contributed by atoms with Crippen molar-refractivity contribution in [1.82, 2.24) is 9.80 Å². The quantitative estimate of drug-likeness (QED) is 0.596. The number of amides is 2. The number of carbonyl (C=O) groups is 2. The van der Waals surface area contributed by atoms with Gasteiger partial charge in [0.2, 0.25) is 5.91 Å². The molecule has 2 aliphatic rings. The average Bonchev–Trinajstić information content (AvgIpc) is 2.85. The first-order valence-corrected chi connectivity index (χ1v) is 11.3. The molecular formula is C28H22F2N2O3. The van der Waals surface area contributed by atoms with Gasteiger partial charge in [-0.25, -0.2) is 8.78 Å². The first kappa shape index (κ1) is 22.8. The number of rotatable bonds is 3. The molecule has 0 bridgehead atoms. The minimum Gasteiger partial charge on any atom is -0.394 e. The molecule has 0 unspecified atom stereocenters. The molecule has 2 aliphatic heterocycles. The highest BCUT2D eigenvalue weighted by molar-refractivity contribution is 5.97. The van der Waals surface area contributed by atoms with Crippen molar-refractivity contribution >= 4 is 11.8 Å². The zero-order valence-corrected chi connectivity index (χ0v) is 18.7. The van der Waals surface area contributed by atoms with Gasteiger partial charge < -0.3 is 14.9 Å². The molecule has 0 radical (unpaired) electrons. The Hall–Kier alpha value is -4.02. The maximum atomic E-state index is 13.2. The van der Waals surface area contributed by atoms with Gasteiger partial charge in [0, 0.05) is 29.2 Å². The molecule has 0 saturated carbocycles. The van der Waals surface area contributed by atoms with Crippen molar-refractivity contribution in [2.75, 3.05) is 19.7 Å². The van der Waals surface area contributed by atoms with E-state index < -0.39 is 5.82 Å². The van der Waals surface area contributed by atoms with Crippen molar-refractivity contribution in [3.63, 3.8) is 0 Å². The van der Waals surface area contributed by atoms with Gasteiger partial charge >= 0.3 is 0 Å². The highest BCUT2D eigenvalue weighted by atomic mass is 19.1. The number of aliphatic hydroxyl groups excluding tert-OH is 1. The molecule has 7 heteroatoms. The average molecular weight is 472 g/mol. The summed E-state index contributed by atoms with van der Waals surface area (Å²) < 4.78 is 26.3. The number of hydrogen-bond donors (Lipinski definition) is 1. The summed E-state index contributed by atoms with van der Waals surface area (Å²) in [7, 11) is 0. The fraction of sp³-hybridized carbons (Fsp3) is 0.214. The smallest absolute Gasteiger partial charge is 0.254 e. The van der Waals surface area contributed by atoms with E-state index in [1.807, 2.05) is 24.3 Å². The minimum absolute atomic E-state index is 0.0756. The van der Waals surface area contributed by atoms with Gasteiger partial charge in [-0.2, -0.15) is 0 Å². The predicted octanol–water partition coefficient (Wildman–Crippen LogP) is 3.18. The lowest BCUT2D eigenvalue weighted by Gasteiger charge is -2.58. The van der Waals surface area contributed by atoms with E-state index in [2.05, 4.69) is 11.8 Å². The zero-order chi connectivity index (χ0) is 24.5. The van der Waals surface area contributed by atoms with Crippen LogP contribution in [0.2, 0.25) is 0 Å². The Morgan fingerprint density at radius 2 is 1.43 bits per heavy atom. The van der Waals surface area contributed by atoms with Crippen molar-refractivity contribution in [2.24, 2.45) is 0 Å². The van der Waals surface area contributed by atoms with Crippen LogP contribution in [-0.4, -0.2) is 58.5 Å². The molecule has 0 aliphatic carbocycles. The molecule has 2 amide bonds. The fourth-order valence-electron chi connectivity index (χ4n) is 4.90. The first-order chi connectivity index (χ1) is 16.9. The summed E-state index contributed by atoms with van der Waals surface area (Å²) in [6.07, 6.45) is 0. The Kier molecular flexibility index (Phi) is 6.06. The third kappa shape index (κ3) is 4.41. The van der Waals surface area contributed by atoms with Gasteiger partial charge in [0.15, 0.2) is 0 Å². The zero-order valence-electron chi connectivity index (χ0n) is 18.7. The van der Waals surface area contributed by atoms with Crippen LogP contribution in [0.15, 0.2) is 72.8 Å². The summed E-state index contributed by atoms with van der Waals surface area (Å²) in [6.45, 7) is 0.0774.